The highest BCUT2D eigenvalue weighted by molar-refractivity contribution is 5.76. The van der Waals surface area contributed by atoms with E-state index in [0.29, 0.717) is 12.8 Å². The monoisotopic (exact) mass is 221 g/mol. The molecule has 0 aromatic heterocycles. The van der Waals surface area contributed by atoms with Crippen LogP contribution >= 0.6 is 0 Å². The Morgan fingerprint density at radius 3 is 2.25 bits per heavy atom. The number of carbonyl (C=O) groups excluding carboxylic acids is 2. The zero-order valence-corrected chi connectivity index (χ0v) is 9.23. The van der Waals surface area contributed by atoms with Gasteiger partial charge in [0.25, 0.3) is 0 Å². The summed E-state index contributed by atoms with van der Waals surface area (Å²) in [4.78, 5) is 21.6. The number of primary amides is 1. The molecule has 0 unspecified atom stereocenters. The lowest BCUT2D eigenvalue weighted by molar-refractivity contribution is -0.140. The number of ether oxygens (including phenoxy) is 1. The van der Waals surface area contributed by atoms with Gasteiger partial charge in [-0.25, -0.2) is 0 Å². The van der Waals surface area contributed by atoms with Crippen molar-refractivity contribution in [3.05, 3.63) is 35.4 Å². The van der Waals surface area contributed by atoms with E-state index in [0.717, 1.165) is 11.1 Å². The predicted molar refractivity (Wildman–Crippen MR) is 59.7 cm³/mol. The molecule has 0 aliphatic rings. The summed E-state index contributed by atoms with van der Waals surface area (Å²) in [5.41, 5.74) is 7.00. The maximum atomic E-state index is 10.9. The first-order valence-corrected chi connectivity index (χ1v) is 5.04. The van der Waals surface area contributed by atoms with E-state index in [-0.39, 0.29) is 18.3 Å². The van der Waals surface area contributed by atoms with Crippen LogP contribution < -0.4 is 5.73 Å². The van der Waals surface area contributed by atoms with E-state index in [2.05, 4.69) is 4.74 Å². The van der Waals surface area contributed by atoms with Gasteiger partial charge in [0.1, 0.15) is 0 Å². The molecule has 0 spiro atoms. The van der Waals surface area contributed by atoms with Crippen LogP contribution in [0.4, 0.5) is 0 Å². The predicted octanol–water partition coefficient (Wildman–Crippen LogP) is 0.820. The van der Waals surface area contributed by atoms with Gasteiger partial charge in [-0.3, -0.25) is 9.59 Å². The van der Waals surface area contributed by atoms with Crippen molar-refractivity contribution in [3.63, 3.8) is 0 Å². The molecule has 0 bridgehead atoms. The molecule has 0 aliphatic carbocycles. The third kappa shape index (κ3) is 4.13. The van der Waals surface area contributed by atoms with Crippen LogP contribution in [0.5, 0.6) is 0 Å². The minimum absolute atomic E-state index is 0.221. The largest absolute Gasteiger partial charge is 0.469 e. The van der Waals surface area contributed by atoms with E-state index >= 15 is 0 Å². The van der Waals surface area contributed by atoms with Gasteiger partial charge < -0.3 is 10.5 Å². The normalized spacial score (nSPS) is 9.81. The third-order valence-corrected chi connectivity index (χ3v) is 2.25. The van der Waals surface area contributed by atoms with Gasteiger partial charge in [0.15, 0.2) is 0 Å². The highest BCUT2D eigenvalue weighted by Crippen LogP contribution is 2.07. The van der Waals surface area contributed by atoms with Gasteiger partial charge in [0, 0.05) is 6.42 Å². The average molecular weight is 221 g/mol. The molecular formula is C12H15NO3. The molecule has 0 saturated carbocycles. The van der Waals surface area contributed by atoms with Crippen molar-refractivity contribution in [3.8, 4) is 0 Å². The minimum Gasteiger partial charge on any atom is -0.469 e. The molecule has 0 aliphatic heterocycles. The fourth-order valence-electron chi connectivity index (χ4n) is 1.37. The van der Waals surface area contributed by atoms with E-state index < -0.39 is 0 Å². The summed E-state index contributed by atoms with van der Waals surface area (Å²) in [6.45, 7) is 0. The van der Waals surface area contributed by atoms with Gasteiger partial charge in [-0.05, 0) is 17.5 Å². The van der Waals surface area contributed by atoms with Crippen LogP contribution in [0.2, 0.25) is 0 Å². The number of methoxy groups -OCH3 is 1. The zero-order chi connectivity index (χ0) is 12.0. The first-order valence-electron chi connectivity index (χ1n) is 5.04. The van der Waals surface area contributed by atoms with Crippen LogP contribution in [-0.4, -0.2) is 19.0 Å². The Morgan fingerprint density at radius 1 is 1.19 bits per heavy atom. The van der Waals surface area contributed by atoms with Crippen LogP contribution in [0.1, 0.15) is 17.5 Å². The molecule has 0 saturated heterocycles. The fourth-order valence-corrected chi connectivity index (χ4v) is 1.37. The lowest BCUT2D eigenvalue weighted by atomic mass is 10.1. The molecule has 4 nitrogen and oxygen atoms in total. The second-order valence-corrected chi connectivity index (χ2v) is 3.54. The topological polar surface area (TPSA) is 69.4 Å². The van der Waals surface area contributed by atoms with Crippen molar-refractivity contribution in [2.24, 2.45) is 5.73 Å². The first kappa shape index (κ1) is 12.2. The van der Waals surface area contributed by atoms with Gasteiger partial charge in [-0.15, -0.1) is 0 Å². The summed E-state index contributed by atoms with van der Waals surface area (Å²) in [6, 6.07) is 7.47. The smallest absolute Gasteiger partial charge is 0.305 e. The number of amides is 1. The maximum absolute atomic E-state index is 10.9. The number of rotatable bonds is 5. The highest BCUT2D eigenvalue weighted by Gasteiger charge is 2.02. The molecular weight excluding hydrogens is 206 g/mol. The van der Waals surface area contributed by atoms with Crippen molar-refractivity contribution in [2.45, 2.75) is 19.3 Å². The number of hydrogen-bond acceptors (Lipinski definition) is 3. The van der Waals surface area contributed by atoms with Gasteiger partial charge in [-0.2, -0.15) is 0 Å². The molecule has 1 amide bonds. The van der Waals surface area contributed by atoms with Gasteiger partial charge in [0.05, 0.1) is 13.5 Å². The van der Waals surface area contributed by atoms with Crippen LogP contribution in [0.3, 0.4) is 0 Å². The van der Waals surface area contributed by atoms with Gasteiger partial charge in [0.2, 0.25) is 5.91 Å². The Hall–Kier alpha value is -1.84. The quantitative estimate of drug-likeness (QED) is 0.748. The highest BCUT2D eigenvalue weighted by atomic mass is 16.5. The van der Waals surface area contributed by atoms with E-state index in [1.807, 2.05) is 24.3 Å². The lowest BCUT2D eigenvalue weighted by Crippen LogP contribution is -2.13. The number of hydrogen-bond donors (Lipinski definition) is 1. The molecule has 1 aromatic carbocycles. The minimum atomic E-state index is -0.345. The Kier molecular flexibility index (Phi) is 4.51. The van der Waals surface area contributed by atoms with E-state index in [1.54, 1.807) is 0 Å². The molecule has 1 aromatic rings. The van der Waals surface area contributed by atoms with Gasteiger partial charge in [-0.1, -0.05) is 24.3 Å². The molecule has 16 heavy (non-hydrogen) atoms. The average Bonchev–Trinajstić information content (AvgIpc) is 2.27. The van der Waals surface area contributed by atoms with E-state index in [9.17, 15) is 9.59 Å². The second-order valence-electron chi connectivity index (χ2n) is 3.54. The van der Waals surface area contributed by atoms with E-state index in [4.69, 9.17) is 5.73 Å². The van der Waals surface area contributed by atoms with Crippen molar-refractivity contribution < 1.29 is 14.3 Å². The number of nitrogens with two attached hydrogens (primary N) is 1. The summed E-state index contributed by atoms with van der Waals surface area (Å²) in [5, 5.41) is 0. The van der Waals surface area contributed by atoms with Crippen molar-refractivity contribution in [1.29, 1.82) is 0 Å². The van der Waals surface area contributed by atoms with Crippen molar-refractivity contribution in [2.75, 3.05) is 7.11 Å². The Morgan fingerprint density at radius 2 is 1.75 bits per heavy atom. The molecule has 0 radical (unpaired) electrons. The first-order chi connectivity index (χ1) is 7.61. The van der Waals surface area contributed by atoms with Crippen LogP contribution in [0.15, 0.2) is 24.3 Å². The van der Waals surface area contributed by atoms with Crippen LogP contribution in [0.25, 0.3) is 0 Å². The summed E-state index contributed by atoms with van der Waals surface area (Å²) >= 11 is 0. The van der Waals surface area contributed by atoms with Crippen molar-refractivity contribution in [1.82, 2.24) is 0 Å². The van der Waals surface area contributed by atoms with Crippen LogP contribution in [0, 0.1) is 0 Å². The van der Waals surface area contributed by atoms with Crippen molar-refractivity contribution >= 4 is 11.9 Å². The van der Waals surface area contributed by atoms with Crippen LogP contribution in [-0.2, 0) is 27.2 Å². The molecule has 0 heterocycles. The molecule has 0 fully saturated rings. The van der Waals surface area contributed by atoms with E-state index in [1.165, 1.54) is 7.11 Å². The summed E-state index contributed by atoms with van der Waals surface area (Å²) in [6.07, 6.45) is 1.26. The number of esters is 1. The summed E-state index contributed by atoms with van der Waals surface area (Å²) in [5.74, 6) is -0.566. The van der Waals surface area contributed by atoms with Gasteiger partial charge >= 0.3 is 5.97 Å². The zero-order valence-electron chi connectivity index (χ0n) is 9.23. The Bertz CT molecular complexity index is 370. The number of aryl methyl sites for hydroxylation is 1. The fraction of sp³-hybridized carbons (Fsp3) is 0.333. The molecule has 86 valence electrons. The lowest BCUT2D eigenvalue weighted by Gasteiger charge is -2.02. The summed E-state index contributed by atoms with van der Waals surface area (Å²) < 4.78 is 4.55. The Balaban J connectivity index is 2.51. The maximum Gasteiger partial charge on any atom is 0.305 e. The standard InChI is InChI=1S/C12H15NO3/c1-16-12(15)7-6-9-2-4-10(5-3-9)8-11(13)14/h2-5H,6-8H2,1H3,(H2,13,14). The third-order valence-electron chi connectivity index (χ3n) is 2.25. The molecule has 2 N–H and O–H groups in total. The SMILES string of the molecule is COC(=O)CCc1ccc(CC(N)=O)cc1. The molecule has 0 atom stereocenters. The Labute approximate surface area is 94.4 Å². The summed E-state index contributed by atoms with van der Waals surface area (Å²) in [7, 11) is 1.37. The molecule has 4 heteroatoms. The second kappa shape index (κ2) is 5.90. The number of carbonyl (C=O) groups is 2. The number of benzene rings is 1. The molecule has 1 rings (SSSR count).